The predicted molar refractivity (Wildman–Crippen MR) is 73.3 cm³/mol. The van der Waals surface area contributed by atoms with Gasteiger partial charge in [-0.3, -0.25) is 4.79 Å². The molecule has 1 heterocycles. The fourth-order valence-corrected chi connectivity index (χ4v) is 2.21. The molecule has 0 fully saturated rings. The number of nitrogens with one attached hydrogen (secondary N) is 1. The highest BCUT2D eigenvalue weighted by molar-refractivity contribution is 6.09. The van der Waals surface area contributed by atoms with E-state index in [4.69, 9.17) is 4.74 Å². The average molecular weight is 245 g/mol. The molecule has 18 heavy (non-hydrogen) atoms. The second kappa shape index (κ2) is 5.71. The van der Waals surface area contributed by atoms with Crippen molar-refractivity contribution >= 4 is 16.7 Å². The molecule has 0 aliphatic rings. The van der Waals surface area contributed by atoms with Gasteiger partial charge in [0.25, 0.3) is 0 Å². The van der Waals surface area contributed by atoms with Crippen molar-refractivity contribution in [1.29, 1.82) is 0 Å². The summed E-state index contributed by atoms with van der Waals surface area (Å²) in [4.78, 5) is 15.3. The molecule has 1 N–H and O–H groups in total. The Morgan fingerprint density at radius 2 is 2.17 bits per heavy atom. The highest BCUT2D eigenvalue weighted by Gasteiger charge is 2.14. The van der Waals surface area contributed by atoms with Gasteiger partial charge >= 0.3 is 0 Å². The number of aromatic amines is 1. The number of rotatable bonds is 6. The topological polar surface area (TPSA) is 42.1 Å². The zero-order valence-corrected chi connectivity index (χ0v) is 11.0. The number of aromatic nitrogens is 1. The van der Waals surface area contributed by atoms with Crippen LogP contribution < -0.4 is 4.74 Å². The number of hydrogen-bond donors (Lipinski definition) is 1. The summed E-state index contributed by atoms with van der Waals surface area (Å²) in [6, 6.07) is 5.77. The van der Waals surface area contributed by atoms with Gasteiger partial charge in [-0.2, -0.15) is 0 Å². The van der Waals surface area contributed by atoms with Gasteiger partial charge in [-0.05, 0) is 18.6 Å². The number of methoxy groups -OCH3 is 1. The van der Waals surface area contributed by atoms with Crippen LogP contribution in [0.4, 0.5) is 0 Å². The van der Waals surface area contributed by atoms with E-state index in [0.29, 0.717) is 6.42 Å². The number of ether oxygens (including phenoxy) is 1. The molecule has 3 heteroatoms. The van der Waals surface area contributed by atoms with Crippen molar-refractivity contribution in [3.8, 4) is 5.75 Å². The Morgan fingerprint density at radius 3 is 2.89 bits per heavy atom. The Bertz CT molecular complexity index is 542. The van der Waals surface area contributed by atoms with Crippen molar-refractivity contribution in [2.45, 2.75) is 32.6 Å². The number of Topliss-reactive ketones (excluding diaryl/α,β-unsaturated/α-hetero) is 1. The predicted octanol–water partition coefficient (Wildman–Crippen LogP) is 3.94. The molecule has 0 bridgehead atoms. The SMILES string of the molecule is CCCCCC(=O)c1c[nH]c2cccc(OC)c12. The van der Waals surface area contributed by atoms with E-state index in [-0.39, 0.29) is 5.78 Å². The first kappa shape index (κ1) is 12.7. The van der Waals surface area contributed by atoms with Crippen LogP contribution in [-0.2, 0) is 0 Å². The maximum Gasteiger partial charge on any atom is 0.165 e. The molecule has 0 amide bonds. The lowest BCUT2D eigenvalue weighted by Gasteiger charge is -2.04. The molecule has 0 spiro atoms. The molecule has 0 saturated heterocycles. The Labute approximate surface area is 107 Å². The standard InChI is InChI=1S/C15H19NO2/c1-3-4-5-8-13(17)11-10-16-12-7-6-9-14(18-2)15(11)12/h6-7,9-10,16H,3-5,8H2,1-2H3. The van der Waals surface area contributed by atoms with Gasteiger partial charge in [0.1, 0.15) is 5.75 Å². The summed E-state index contributed by atoms with van der Waals surface area (Å²) in [5.74, 6) is 0.951. The summed E-state index contributed by atoms with van der Waals surface area (Å²) in [5, 5.41) is 0.904. The van der Waals surface area contributed by atoms with Gasteiger partial charge in [-0.1, -0.05) is 25.8 Å². The van der Waals surface area contributed by atoms with Gasteiger partial charge in [0, 0.05) is 23.7 Å². The Hall–Kier alpha value is -1.77. The molecule has 0 unspecified atom stereocenters. The van der Waals surface area contributed by atoms with Gasteiger partial charge in [0.15, 0.2) is 5.78 Å². The van der Waals surface area contributed by atoms with Gasteiger partial charge in [0.05, 0.1) is 12.5 Å². The van der Waals surface area contributed by atoms with Crippen molar-refractivity contribution in [2.24, 2.45) is 0 Å². The normalized spacial score (nSPS) is 10.8. The van der Waals surface area contributed by atoms with E-state index in [1.165, 1.54) is 0 Å². The van der Waals surface area contributed by atoms with E-state index >= 15 is 0 Å². The Balaban J connectivity index is 2.30. The summed E-state index contributed by atoms with van der Waals surface area (Å²) in [7, 11) is 1.63. The van der Waals surface area contributed by atoms with Crippen LogP contribution in [0.3, 0.4) is 0 Å². The van der Waals surface area contributed by atoms with E-state index in [1.807, 2.05) is 18.2 Å². The first-order valence-electron chi connectivity index (χ1n) is 6.45. The molecule has 0 saturated carbocycles. The lowest BCUT2D eigenvalue weighted by atomic mass is 10.0. The molecule has 1 aromatic carbocycles. The van der Waals surface area contributed by atoms with Crippen LogP contribution in [0.2, 0.25) is 0 Å². The van der Waals surface area contributed by atoms with Crippen molar-refractivity contribution in [3.05, 3.63) is 30.0 Å². The number of ketones is 1. The first-order chi connectivity index (χ1) is 8.77. The van der Waals surface area contributed by atoms with E-state index in [1.54, 1.807) is 13.3 Å². The maximum atomic E-state index is 12.2. The summed E-state index contributed by atoms with van der Waals surface area (Å²) in [6.45, 7) is 2.14. The van der Waals surface area contributed by atoms with Crippen LogP contribution >= 0.6 is 0 Å². The molecular formula is C15H19NO2. The highest BCUT2D eigenvalue weighted by atomic mass is 16.5. The fraction of sp³-hybridized carbons (Fsp3) is 0.400. The molecular weight excluding hydrogens is 226 g/mol. The molecule has 0 aliphatic carbocycles. The van der Waals surface area contributed by atoms with E-state index in [0.717, 1.165) is 41.5 Å². The smallest absolute Gasteiger partial charge is 0.165 e. The Kier molecular flexibility index (Phi) is 4.03. The number of unbranched alkanes of at least 4 members (excludes halogenated alkanes) is 2. The zero-order chi connectivity index (χ0) is 13.0. The van der Waals surface area contributed by atoms with Crippen molar-refractivity contribution in [2.75, 3.05) is 7.11 Å². The lowest BCUT2D eigenvalue weighted by Crippen LogP contribution is -1.98. The number of carbonyl (C=O) groups excluding carboxylic acids is 1. The average Bonchev–Trinajstić information content (AvgIpc) is 2.82. The summed E-state index contributed by atoms with van der Waals surface area (Å²) < 4.78 is 5.33. The molecule has 0 aliphatic heterocycles. The third-order valence-corrected chi connectivity index (χ3v) is 3.20. The van der Waals surface area contributed by atoms with E-state index in [9.17, 15) is 4.79 Å². The molecule has 96 valence electrons. The van der Waals surface area contributed by atoms with Gasteiger partial charge in [-0.25, -0.2) is 0 Å². The summed E-state index contributed by atoms with van der Waals surface area (Å²) in [6.07, 6.45) is 5.59. The van der Waals surface area contributed by atoms with Gasteiger partial charge in [-0.15, -0.1) is 0 Å². The third kappa shape index (κ3) is 2.40. The minimum atomic E-state index is 0.194. The fourth-order valence-electron chi connectivity index (χ4n) is 2.21. The quantitative estimate of drug-likeness (QED) is 0.618. The van der Waals surface area contributed by atoms with Gasteiger partial charge < -0.3 is 9.72 Å². The monoisotopic (exact) mass is 245 g/mol. The molecule has 2 rings (SSSR count). The first-order valence-corrected chi connectivity index (χ1v) is 6.45. The van der Waals surface area contributed by atoms with Crippen LogP contribution in [0.25, 0.3) is 10.9 Å². The number of fused-ring (bicyclic) bond motifs is 1. The maximum absolute atomic E-state index is 12.2. The van der Waals surface area contributed by atoms with Crippen molar-refractivity contribution in [1.82, 2.24) is 4.98 Å². The van der Waals surface area contributed by atoms with Crippen LogP contribution in [0.1, 0.15) is 43.0 Å². The summed E-state index contributed by atoms with van der Waals surface area (Å²) in [5.41, 5.74) is 1.70. The van der Waals surface area contributed by atoms with Crippen LogP contribution in [0, 0.1) is 0 Å². The van der Waals surface area contributed by atoms with Crippen molar-refractivity contribution in [3.63, 3.8) is 0 Å². The second-order valence-electron chi connectivity index (χ2n) is 4.47. The van der Waals surface area contributed by atoms with Crippen LogP contribution in [-0.4, -0.2) is 17.9 Å². The zero-order valence-electron chi connectivity index (χ0n) is 11.0. The third-order valence-electron chi connectivity index (χ3n) is 3.20. The molecule has 0 radical (unpaired) electrons. The summed E-state index contributed by atoms with van der Waals surface area (Å²) >= 11 is 0. The number of benzene rings is 1. The van der Waals surface area contributed by atoms with Crippen molar-refractivity contribution < 1.29 is 9.53 Å². The second-order valence-corrected chi connectivity index (χ2v) is 4.47. The lowest BCUT2D eigenvalue weighted by molar-refractivity contribution is 0.0981. The molecule has 1 aromatic heterocycles. The van der Waals surface area contributed by atoms with Crippen LogP contribution in [0.15, 0.2) is 24.4 Å². The molecule has 0 atom stereocenters. The van der Waals surface area contributed by atoms with Gasteiger partial charge in [0.2, 0.25) is 0 Å². The Morgan fingerprint density at radius 1 is 1.33 bits per heavy atom. The molecule has 3 nitrogen and oxygen atoms in total. The minimum Gasteiger partial charge on any atom is -0.496 e. The largest absolute Gasteiger partial charge is 0.496 e. The number of H-pyrrole nitrogens is 1. The van der Waals surface area contributed by atoms with E-state index < -0.39 is 0 Å². The number of hydrogen-bond acceptors (Lipinski definition) is 2. The highest BCUT2D eigenvalue weighted by Crippen LogP contribution is 2.29. The minimum absolute atomic E-state index is 0.194. The van der Waals surface area contributed by atoms with E-state index in [2.05, 4.69) is 11.9 Å². The number of carbonyl (C=O) groups is 1. The molecule has 2 aromatic rings. The van der Waals surface area contributed by atoms with Crippen LogP contribution in [0.5, 0.6) is 5.75 Å².